The standard InChI is InChI=1S/C17H25ClN4O.HI/c1-12-14(18)8-5-9-15(12)22-16(23)10-11-20-17(19-2)21-13-6-3-4-7-13;/h5,8-9,13H,3-4,6-7,10-11H2,1-2H3,(H,22,23)(H2,19,20,21);1H. The zero-order chi connectivity index (χ0) is 16.7. The Morgan fingerprint density at radius 3 is 2.71 bits per heavy atom. The number of amides is 1. The molecule has 1 aromatic carbocycles. The van der Waals surface area contributed by atoms with E-state index in [-0.39, 0.29) is 29.9 Å². The van der Waals surface area contributed by atoms with Gasteiger partial charge in [-0.25, -0.2) is 0 Å². The summed E-state index contributed by atoms with van der Waals surface area (Å²) in [6, 6.07) is 6.00. The van der Waals surface area contributed by atoms with Crippen LogP contribution in [-0.2, 0) is 4.79 Å². The van der Waals surface area contributed by atoms with E-state index >= 15 is 0 Å². The molecule has 1 saturated carbocycles. The first-order valence-corrected chi connectivity index (χ1v) is 8.50. The minimum atomic E-state index is -0.0424. The second-order valence-electron chi connectivity index (χ2n) is 5.84. The predicted octanol–water partition coefficient (Wildman–Crippen LogP) is 3.70. The van der Waals surface area contributed by atoms with Gasteiger partial charge in [-0.1, -0.05) is 30.5 Å². The zero-order valence-corrected chi connectivity index (χ0v) is 17.3. The van der Waals surface area contributed by atoms with Crippen LogP contribution in [0.5, 0.6) is 0 Å². The van der Waals surface area contributed by atoms with Gasteiger partial charge in [-0.15, -0.1) is 24.0 Å². The summed E-state index contributed by atoms with van der Waals surface area (Å²) in [6.45, 7) is 2.43. The second-order valence-corrected chi connectivity index (χ2v) is 6.24. The Hall–Kier alpha value is -1.02. The van der Waals surface area contributed by atoms with Crippen molar-refractivity contribution in [3.05, 3.63) is 28.8 Å². The van der Waals surface area contributed by atoms with Gasteiger partial charge in [0, 0.05) is 36.8 Å². The SMILES string of the molecule is CN=C(NCCC(=O)Nc1cccc(Cl)c1C)NC1CCCC1.I. The van der Waals surface area contributed by atoms with Crippen LogP contribution in [0.3, 0.4) is 0 Å². The number of hydrogen-bond acceptors (Lipinski definition) is 2. The van der Waals surface area contributed by atoms with E-state index in [0.29, 0.717) is 24.0 Å². The lowest BCUT2D eigenvalue weighted by molar-refractivity contribution is -0.116. The molecule has 0 bridgehead atoms. The van der Waals surface area contributed by atoms with E-state index in [4.69, 9.17) is 11.6 Å². The minimum absolute atomic E-state index is 0. The van der Waals surface area contributed by atoms with Crippen LogP contribution in [0.1, 0.15) is 37.7 Å². The molecule has 5 nitrogen and oxygen atoms in total. The maximum atomic E-state index is 12.0. The maximum Gasteiger partial charge on any atom is 0.226 e. The second kappa shape index (κ2) is 10.8. The molecule has 7 heteroatoms. The highest BCUT2D eigenvalue weighted by Gasteiger charge is 2.15. The zero-order valence-electron chi connectivity index (χ0n) is 14.2. The lowest BCUT2D eigenvalue weighted by Gasteiger charge is -2.16. The lowest BCUT2D eigenvalue weighted by Crippen LogP contribution is -2.43. The summed E-state index contributed by atoms with van der Waals surface area (Å²) < 4.78 is 0. The van der Waals surface area contributed by atoms with Crippen LogP contribution in [0.2, 0.25) is 5.02 Å². The smallest absolute Gasteiger partial charge is 0.226 e. The van der Waals surface area contributed by atoms with Crippen LogP contribution in [0.15, 0.2) is 23.2 Å². The number of anilines is 1. The van der Waals surface area contributed by atoms with E-state index in [0.717, 1.165) is 17.2 Å². The normalized spacial score (nSPS) is 14.9. The highest BCUT2D eigenvalue weighted by molar-refractivity contribution is 14.0. The Balaban J connectivity index is 0.00000288. The molecule has 24 heavy (non-hydrogen) atoms. The van der Waals surface area contributed by atoms with Crippen LogP contribution in [0.25, 0.3) is 0 Å². The van der Waals surface area contributed by atoms with Gasteiger partial charge < -0.3 is 16.0 Å². The molecular weight excluding hydrogens is 439 g/mol. The molecule has 1 aliphatic rings. The third-order valence-corrected chi connectivity index (χ3v) is 4.52. The van der Waals surface area contributed by atoms with E-state index in [2.05, 4.69) is 20.9 Å². The molecule has 2 rings (SSSR count). The number of rotatable bonds is 5. The Morgan fingerprint density at radius 2 is 2.04 bits per heavy atom. The average molecular weight is 465 g/mol. The number of halogens is 2. The third-order valence-electron chi connectivity index (χ3n) is 4.11. The van der Waals surface area contributed by atoms with E-state index in [1.807, 2.05) is 25.1 Å². The topological polar surface area (TPSA) is 65.5 Å². The van der Waals surface area contributed by atoms with Crippen molar-refractivity contribution in [2.24, 2.45) is 4.99 Å². The molecule has 1 aliphatic carbocycles. The molecule has 1 fully saturated rings. The first kappa shape index (κ1) is 21.0. The summed E-state index contributed by atoms with van der Waals surface area (Å²) in [7, 11) is 1.75. The van der Waals surface area contributed by atoms with Gasteiger partial charge in [-0.2, -0.15) is 0 Å². The van der Waals surface area contributed by atoms with Gasteiger partial charge in [0.15, 0.2) is 5.96 Å². The van der Waals surface area contributed by atoms with Crippen LogP contribution in [0.4, 0.5) is 5.69 Å². The first-order chi connectivity index (χ1) is 11.1. The molecule has 0 aliphatic heterocycles. The number of hydrogen-bond donors (Lipinski definition) is 3. The largest absolute Gasteiger partial charge is 0.356 e. The fraction of sp³-hybridized carbons (Fsp3) is 0.529. The summed E-state index contributed by atoms with van der Waals surface area (Å²) in [5.74, 6) is 0.725. The summed E-state index contributed by atoms with van der Waals surface area (Å²) in [6.07, 6.45) is 5.30. The lowest BCUT2D eigenvalue weighted by atomic mass is 10.2. The van der Waals surface area contributed by atoms with Gasteiger partial charge >= 0.3 is 0 Å². The third kappa shape index (κ3) is 6.47. The van der Waals surface area contributed by atoms with Gasteiger partial charge in [0.1, 0.15) is 0 Å². The molecule has 0 atom stereocenters. The number of benzene rings is 1. The van der Waals surface area contributed by atoms with Crippen LogP contribution in [0, 0.1) is 6.92 Å². The van der Waals surface area contributed by atoms with Crippen molar-refractivity contribution >= 4 is 53.1 Å². The number of guanidine groups is 1. The number of nitrogens with zero attached hydrogens (tertiary/aromatic N) is 1. The molecule has 0 aromatic heterocycles. The molecule has 1 amide bonds. The molecule has 3 N–H and O–H groups in total. The van der Waals surface area contributed by atoms with Crippen molar-refractivity contribution in [3.8, 4) is 0 Å². The van der Waals surface area contributed by atoms with Gasteiger partial charge in [0.2, 0.25) is 5.91 Å². The van der Waals surface area contributed by atoms with Crippen LogP contribution >= 0.6 is 35.6 Å². The fourth-order valence-corrected chi connectivity index (χ4v) is 2.88. The predicted molar refractivity (Wildman–Crippen MR) is 112 cm³/mol. The molecule has 0 unspecified atom stereocenters. The maximum absolute atomic E-state index is 12.0. The van der Waals surface area contributed by atoms with Crippen molar-refractivity contribution in [1.82, 2.24) is 10.6 Å². The fourth-order valence-electron chi connectivity index (χ4n) is 2.71. The molecule has 1 aromatic rings. The van der Waals surface area contributed by atoms with Gasteiger partial charge in [0.25, 0.3) is 0 Å². The van der Waals surface area contributed by atoms with E-state index in [1.54, 1.807) is 7.05 Å². The number of nitrogens with one attached hydrogen (secondary N) is 3. The summed E-state index contributed by atoms with van der Waals surface area (Å²) in [5.41, 5.74) is 1.64. The number of carbonyl (C=O) groups is 1. The van der Waals surface area contributed by atoms with Gasteiger partial charge in [-0.3, -0.25) is 9.79 Å². The molecule has 0 spiro atoms. The summed E-state index contributed by atoms with van der Waals surface area (Å²) >= 11 is 6.06. The van der Waals surface area contributed by atoms with Crippen molar-refractivity contribution in [3.63, 3.8) is 0 Å². The van der Waals surface area contributed by atoms with Crippen molar-refractivity contribution in [2.75, 3.05) is 18.9 Å². The van der Waals surface area contributed by atoms with Crippen molar-refractivity contribution in [1.29, 1.82) is 0 Å². The first-order valence-electron chi connectivity index (χ1n) is 8.12. The summed E-state index contributed by atoms with van der Waals surface area (Å²) in [5, 5.41) is 10.1. The highest BCUT2D eigenvalue weighted by Crippen LogP contribution is 2.22. The molecule has 0 radical (unpaired) electrons. The van der Waals surface area contributed by atoms with E-state index in [1.165, 1.54) is 25.7 Å². The molecule has 0 saturated heterocycles. The Bertz CT molecular complexity index is 574. The van der Waals surface area contributed by atoms with Crippen molar-refractivity contribution < 1.29 is 4.79 Å². The molecule has 0 heterocycles. The van der Waals surface area contributed by atoms with Crippen LogP contribution in [-0.4, -0.2) is 31.5 Å². The van der Waals surface area contributed by atoms with Crippen molar-refractivity contribution in [2.45, 2.75) is 45.1 Å². The van der Waals surface area contributed by atoms with Gasteiger partial charge in [-0.05, 0) is 37.5 Å². The Morgan fingerprint density at radius 1 is 1.33 bits per heavy atom. The number of aliphatic imine (C=N–C) groups is 1. The average Bonchev–Trinajstić information content (AvgIpc) is 3.04. The van der Waals surface area contributed by atoms with E-state index in [9.17, 15) is 4.79 Å². The van der Waals surface area contributed by atoms with Gasteiger partial charge in [0.05, 0.1) is 0 Å². The minimum Gasteiger partial charge on any atom is -0.356 e. The quantitative estimate of drug-likeness (QED) is 0.354. The Labute approximate surface area is 166 Å². The highest BCUT2D eigenvalue weighted by atomic mass is 127. The molecule has 134 valence electrons. The van der Waals surface area contributed by atoms with E-state index < -0.39 is 0 Å². The summed E-state index contributed by atoms with van der Waals surface area (Å²) in [4.78, 5) is 16.2. The molecular formula is C17H26ClIN4O. The van der Waals surface area contributed by atoms with Crippen LogP contribution < -0.4 is 16.0 Å². The Kier molecular flexibility index (Phi) is 9.43. The number of carbonyl (C=O) groups excluding carboxylic acids is 1. The monoisotopic (exact) mass is 464 g/mol.